The number of allylic oxidation sites excluding steroid dienone is 1. The van der Waals surface area contributed by atoms with Crippen molar-refractivity contribution in [1.29, 1.82) is 0 Å². The molecule has 2 N–H and O–H groups in total. The molecule has 0 bridgehead atoms. The maximum absolute atomic E-state index is 11.5. The summed E-state index contributed by atoms with van der Waals surface area (Å²) in [6.45, 7) is 5.85. The first-order valence-corrected chi connectivity index (χ1v) is 10.8. The predicted octanol–water partition coefficient (Wildman–Crippen LogP) is 3.73. The Morgan fingerprint density at radius 3 is 2.61 bits per heavy atom. The number of aryl methyl sites for hydroxylation is 1. The minimum Gasteiger partial charge on any atom is -0.383 e. The van der Waals surface area contributed by atoms with Crippen molar-refractivity contribution in [3.05, 3.63) is 34.7 Å². The summed E-state index contributed by atoms with van der Waals surface area (Å²) >= 11 is 1.58. The molecule has 1 aliphatic heterocycles. The van der Waals surface area contributed by atoms with Crippen LogP contribution in [0.25, 0.3) is 0 Å². The maximum Gasteiger partial charge on any atom is 0.216 e. The third-order valence-electron chi connectivity index (χ3n) is 6.06. The molecule has 0 aromatic carbocycles. The van der Waals surface area contributed by atoms with Gasteiger partial charge in [-0.15, -0.1) is 0 Å². The van der Waals surface area contributed by atoms with Crippen molar-refractivity contribution in [2.75, 3.05) is 20.1 Å². The van der Waals surface area contributed by atoms with E-state index in [0.717, 1.165) is 34.9 Å². The molecule has 1 aromatic heterocycles. The van der Waals surface area contributed by atoms with Crippen LogP contribution < -0.4 is 5.73 Å². The summed E-state index contributed by atoms with van der Waals surface area (Å²) < 4.78 is 0. The summed E-state index contributed by atoms with van der Waals surface area (Å²) in [5.41, 5.74) is 7.94. The van der Waals surface area contributed by atoms with E-state index in [1.807, 2.05) is 26.1 Å². The quantitative estimate of drug-likeness (QED) is 0.360. The smallest absolute Gasteiger partial charge is 0.216 e. The Labute approximate surface area is 172 Å². The van der Waals surface area contributed by atoms with E-state index < -0.39 is 0 Å². The minimum absolute atomic E-state index is 0.450. The molecule has 2 fully saturated rings. The van der Waals surface area contributed by atoms with Gasteiger partial charge in [-0.2, -0.15) is 4.99 Å². The van der Waals surface area contributed by atoms with Crippen LogP contribution in [0, 0.1) is 12.3 Å². The minimum atomic E-state index is 0.450. The second-order valence-electron chi connectivity index (χ2n) is 8.01. The predicted molar refractivity (Wildman–Crippen MR) is 115 cm³/mol. The van der Waals surface area contributed by atoms with Crippen molar-refractivity contribution in [3.8, 4) is 0 Å². The fourth-order valence-electron chi connectivity index (χ4n) is 4.20. The molecule has 2 aliphatic rings. The molecule has 6 nitrogen and oxygen atoms in total. The van der Waals surface area contributed by atoms with Crippen LogP contribution in [0.4, 0.5) is 0 Å². The lowest BCUT2D eigenvalue weighted by molar-refractivity contribution is -0.114. The maximum atomic E-state index is 11.5. The zero-order valence-electron chi connectivity index (χ0n) is 17.1. The highest BCUT2D eigenvalue weighted by molar-refractivity contribution is 8.03. The van der Waals surface area contributed by atoms with Gasteiger partial charge in [0.25, 0.3) is 0 Å². The number of hydrogen-bond acceptors (Lipinski definition) is 5. The number of amides is 1. The number of aliphatic imine (C=N–C) groups is 1. The number of carbonyl (C=O) groups excluding carboxylic acids is 1. The summed E-state index contributed by atoms with van der Waals surface area (Å²) in [5, 5.41) is 0. The Hall–Kier alpha value is -2.02. The van der Waals surface area contributed by atoms with Gasteiger partial charge in [0.15, 0.2) is 0 Å². The van der Waals surface area contributed by atoms with E-state index in [0.29, 0.717) is 17.2 Å². The second kappa shape index (κ2) is 8.99. The van der Waals surface area contributed by atoms with E-state index in [2.05, 4.69) is 14.9 Å². The van der Waals surface area contributed by atoms with Gasteiger partial charge in [0.2, 0.25) is 12.4 Å². The Morgan fingerprint density at radius 1 is 1.32 bits per heavy atom. The number of piperidine rings is 1. The molecule has 0 unspecified atom stereocenters. The number of nitrogens with zero attached hydrogens (tertiary/aromatic N) is 4. The summed E-state index contributed by atoms with van der Waals surface area (Å²) in [7, 11) is 1.74. The fourth-order valence-corrected chi connectivity index (χ4v) is 5.03. The van der Waals surface area contributed by atoms with Gasteiger partial charge < -0.3 is 10.6 Å². The van der Waals surface area contributed by atoms with E-state index in [4.69, 9.17) is 5.73 Å². The molecule has 1 aromatic rings. The molecule has 2 heterocycles. The normalized spacial score (nSPS) is 20.2. The molecule has 1 amide bonds. The lowest BCUT2D eigenvalue weighted by Gasteiger charge is -2.41. The van der Waals surface area contributed by atoms with Gasteiger partial charge in [0, 0.05) is 42.3 Å². The molecular weight excluding hydrogens is 370 g/mol. The van der Waals surface area contributed by atoms with Crippen molar-refractivity contribution in [2.24, 2.45) is 16.1 Å². The number of aromatic nitrogens is 1. The average Bonchev–Trinajstić information content (AvgIpc) is 3.16. The van der Waals surface area contributed by atoms with Crippen molar-refractivity contribution in [3.63, 3.8) is 0 Å². The Balaban J connectivity index is 1.77. The summed E-state index contributed by atoms with van der Waals surface area (Å²) in [5.74, 6) is 1.10. The van der Waals surface area contributed by atoms with Crippen LogP contribution in [0.15, 0.2) is 39.1 Å². The van der Waals surface area contributed by atoms with Crippen molar-refractivity contribution >= 4 is 24.1 Å². The number of hydrogen-bond donors (Lipinski definition) is 1. The Bertz CT molecular complexity index is 760. The first kappa shape index (κ1) is 20.7. The third-order valence-corrected chi connectivity index (χ3v) is 7.25. The highest BCUT2D eigenvalue weighted by Crippen LogP contribution is 2.46. The lowest BCUT2D eigenvalue weighted by atomic mass is 9.77. The van der Waals surface area contributed by atoms with E-state index in [9.17, 15) is 4.79 Å². The Morgan fingerprint density at radius 2 is 2.00 bits per heavy atom. The van der Waals surface area contributed by atoms with Crippen LogP contribution in [0.2, 0.25) is 0 Å². The van der Waals surface area contributed by atoms with Gasteiger partial charge in [-0.3, -0.25) is 14.7 Å². The molecule has 0 atom stereocenters. The third kappa shape index (κ3) is 4.69. The average molecular weight is 402 g/mol. The lowest BCUT2D eigenvalue weighted by Crippen LogP contribution is -2.48. The standard InChI is InChI=1S/C21H31N5OS/c1-16-14-23-11-6-18(16)28-17(2)19(22)24-20(25(3)15-27)26-12-9-21(10-13-26)7-4-5-8-21/h6,11,14-15H,4-5,7-10,12-13,22H2,1-3H3/b19-17+,24-20+. The van der Waals surface area contributed by atoms with Gasteiger partial charge in [0.1, 0.15) is 5.82 Å². The van der Waals surface area contributed by atoms with Crippen LogP contribution in [-0.2, 0) is 4.79 Å². The topological polar surface area (TPSA) is 74.8 Å². The van der Waals surface area contributed by atoms with Crippen LogP contribution in [0.3, 0.4) is 0 Å². The molecule has 1 spiro atoms. The summed E-state index contributed by atoms with van der Waals surface area (Å²) in [6, 6.07) is 1.98. The zero-order valence-corrected chi connectivity index (χ0v) is 18.0. The molecule has 1 aliphatic carbocycles. The van der Waals surface area contributed by atoms with Crippen LogP contribution in [0.5, 0.6) is 0 Å². The SMILES string of the molecule is C/C(Sc1ccncc1C)=C(N)\N=C(/N(C)C=O)N1CCC2(CCCC2)CC1. The van der Waals surface area contributed by atoms with E-state index in [1.165, 1.54) is 43.4 Å². The molecule has 152 valence electrons. The van der Waals surface area contributed by atoms with Crippen LogP contribution in [0.1, 0.15) is 51.0 Å². The highest BCUT2D eigenvalue weighted by Gasteiger charge is 2.38. The van der Waals surface area contributed by atoms with Crippen molar-refractivity contribution < 1.29 is 4.79 Å². The zero-order chi connectivity index (χ0) is 20.1. The summed E-state index contributed by atoms with van der Waals surface area (Å²) in [4.78, 5) is 26.0. The van der Waals surface area contributed by atoms with Gasteiger partial charge in [0.05, 0.1) is 0 Å². The van der Waals surface area contributed by atoms with Crippen LogP contribution in [-0.4, -0.2) is 47.3 Å². The Kier molecular flexibility index (Phi) is 6.65. The fraction of sp³-hybridized carbons (Fsp3) is 0.571. The van der Waals surface area contributed by atoms with Crippen molar-refractivity contribution in [1.82, 2.24) is 14.8 Å². The molecule has 1 saturated carbocycles. The largest absolute Gasteiger partial charge is 0.383 e. The molecule has 1 saturated heterocycles. The number of guanidine groups is 1. The second-order valence-corrected chi connectivity index (χ2v) is 9.26. The molecule has 3 rings (SSSR count). The monoisotopic (exact) mass is 401 g/mol. The molecule has 7 heteroatoms. The highest BCUT2D eigenvalue weighted by atomic mass is 32.2. The first-order valence-electron chi connectivity index (χ1n) is 10.0. The van der Waals surface area contributed by atoms with Crippen molar-refractivity contribution in [2.45, 2.75) is 57.3 Å². The van der Waals surface area contributed by atoms with Crippen LogP contribution >= 0.6 is 11.8 Å². The molecule has 28 heavy (non-hydrogen) atoms. The number of rotatable bonds is 4. The number of carbonyl (C=O) groups is 1. The van der Waals surface area contributed by atoms with E-state index in [1.54, 1.807) is 25.0 Å². The van der Waals surface area contributed by atoms with Gasteiger partial charge in [-0.25, -0.2) is 0 Å². The van der Waals surface area contributed by atoms with Gasteiger partial charge in [-0.1, -0.05) is 24.6 Å². The van der Waals surface area contributed by atoms with Gasteiger partial charge in [-0.05, 0) is 56.6 Å². The first-order chi connectivity index (χ1) is 13.4. The van der Waals surface area contributed by atoms with E-state index in [-0.39, 0.29) is 0 Å². The molecular formula is C21H31N5OS. The number of likely N-dealkylation sites (tertiary alicyclic amines) is 1. The van der Waals surface area contributed by atoms with E-state index >= 15 is 0 Å². The number of nitrogens with two attached hydrogens (primary N) is 1. The van der Waals surface area contributed by atoms with Gasteiger partial charge >= 0.3 is 0 Å². The number of pyridine rings is 1. The summed E-state index contributed by atoms with van der Waals surface area (Å²) in [6.07, 6.45) is 12.2. The molecule has 0 radical (unpaired) electrons. The number of thioether (sulfide) groups is 1.